The second kappa shape index (κ2) is 10.6. The number of benzene rings is 1. The van der Waals surface area contributed by atoms with Crippen LogP contribution in [0.25, 0.3) is 0 Å². The second-order valence-electron chi connectivity index (χ2n) is 8.44. The molecule has 2 saturated heterocycles. The van der Waals surface area contributed by atoms with Gasteiger partial charge in [-0.2, -0.15) is 13.2 Å². The molecule has 0 unspecified atom stereocenters. The number of aliphatic imine (C=N–C) groups is 1. The summed E-state index contributed by atoms with van der Waals surface area (Å²) < 4.78 is 39.4. The molecule has 0 atom stereocenters. The van der Waals surface area contributed by atoms with E-state index < -0.39 is 11.7 Å². The van der Waals surface area contributed by atoms with Gasteiger partial charge in [0, 0.05) is 24.8 Å². The van der Waals surface area contributed by atoms with Gasteiger partial charge in [-0.25, -0.2) is 0 Å². The number of carbonyl (C=O) groups is 1. The van der Waals surface area contributed by atoms with Gasteiger partial charge in [0.1, 0.15) is 0 Å². The van der Waals surface area contributed by atoms with Crippen molar-refractivity contribution < 1.29 is 18.0 Å². The Balaban J connectivity index is 1.68. The van der Waals surface area contributed by atoms with E-state index in [9.17, 15) is 18.0 Å². The fourth-order valence-electron chi connectivity index (χ4n) is 4.36. The first-order valence-corrected chi connectivity index (χ1v) is 11.8. The van der Waals surface area contributed by atoms with Crippen LogP contribution in [0.3, 0.4) is 0 Å². The summed E-state index contributed by atoms with van der Waals surface area (Å²) in [7, 11) is 0. The Bertz CT molecular complexity index is 902. The molecule has 32 heavy (non-hydrogen) atoms. The van der Waals surface area contributed by atoms with Gasteiger partial charge in [0.15, 0.2) is 0 Å². The number of hydrogen-bond acceptors (Lipinski definition) is 4. The number of alkyl halides is 3. The number of thiol groups is 1. The highest BCUT2D eigenvalue weighted by molar-refractivity contribution is 7.85. The molecule has 1 amide bonds. The van der Waals surface area contributed by atoms with Crippen LogP contribution < -0.4 is 0 Å². The standard InChI is InChI=1S/C23H29ClF3N3OS/c1-15(17-6-7-20(24)19(14-17)23(25,26)27)28-16(2)21(32)22(31)30-12-8-18(9-13-30)29-10-4-3-5-11-29/h6-7,14,18,32H,3-5,8-13H2,1-2H3/b21-16-,28-15?. The van der Waals surface area contributed by atoms with Crippen molar-refractivity contribution in [1.82, 2.24) is 9.80 Å². The van der Waals surface area contributed by atoms with Crippen LogP contribution in [0.4, 0.5) is 13.2 Å². The van der Waals surface area contributed by atoms with Gasteiger partial charge in [-0.1, -0.05) is 24.1 Å². The molecule has 9 heteroatoms. The van der Waals surface area contributed by atoms with E-state index in [2.05, 4.69) is 22.5 Å². The molecule has 0 N–H and O–H groups in total. The Hall–Kier alpha value is -1.51. The first-order valence-electron chi connectivity index (χ1n) is 10.9. The molecule has 0 aromatic heterocycles. The highest BCUT2D eigenvalue weighted by Crippen LogP contribution is 2.35. The Morgan fingerprint density at radius 3 is 2.31 bits per heavy atom. The maximum Gasteiger partial charge on any atom is 0.417 e. The van der Waals surface area contributed by atoms with Gasteiger partial charge in [-0.05, 0) is 70.3 Å². The SMILES string of the molecule is CC(=N/C(C)=C(\S)C(=O)N1CCC(N2CCCCC2)CC1)c1ccc(Cl)c(C(F)(F)F)c1. The van der Waals surface area contributed by atoms with Crippen molar-refractivity contribution in [3.05, 3.63) is 45.0 Å². The van der Waals surface area contributed by atoms with Crippen LogP contribution >= 0.6 is 24.2 Å². The van der Waals surface area contributed by atoms with Gasteiger partial charge in [0.2, 0.25) is 0 Å². The van der Waals surface area contributed by atoms with Crippen molar-refractivity contribution in [1.29, 1.82) is 0 Å². The average Bonchev–Trinajstić information content (AvgIpc) is 2.78. The van der Waals surface area contributed by atoms with E-state index in [0.29, 0.717) is 30.5 Å². The van der Waals surface area contributed by atoms with Gasteiger partial charge in [-0.3, -0.25) is 9.79 Å². The predicted molar refractivity (Wildman–Crippen MR) is 125 cm³/mol. The number of carbonyl (C=O) groups excluding carboxylic acids is 1. The molecule has 2 aliphatic heterocycles. The number of amides is 1. The summed E-state index contributed by atoms with van der Waals surface area (Å²) in [5.74, 6) is -0.188. The van der Waals surface area contributed by atoms with Crippen LogP contribution in [0.5, 0.6) is 0 Å². The summed E-state index contributed by atoms with van der Waals surface area (Å²) in [5.41, 5.74) is 0.105. The monoisotopic (exact) mass is 487 g/mol. The molecule has 2 heterocycles. The Morgan fingerprint density at radius 1 is 1.09 bits per heavy atom. The van der Waals surface area contributed by atoms with E-state index in [1.807, 2.05) is 0 Å². The van der Waals surface area contributed by atoms with Crippen molar-refractivity contribution in [2.45, 2.75) is 58.2 Å². The summed E-state index contributed by atoms with van der Waals surface area (Å²) in [5, 5.41) is -0.362. The second-order valence-corrected chi connectivity index (χ2v) is 9.30. The Morgan fingerprint density at radius 2 is 1.72 bits per heavy atom. The van der Waals surface area contributed by atoms with E-state index in [1.54, 1.807) is 18.7 Å². The molecule has 0 saturated carbocycles. The lowest BCUT2D eigenvalue weighted by Gasteiger charge is -2.40. The summed E-state index contributed by atoms with van der Waals surface area (Å²) >= 11 is 10.1. The predicted octanol–water partition coefficient (Wildman–Crippen LogP) is 5.81. The highest BCUT2D eigenvalue weighted by Gasteiger charge is 2.33. The lowest BCUT2D eigenvalue weighted by atomic mass is 10.00. The molecule has 0 bridgehead atoms. The normalized spacial score (nSPS) is 20.3. The zero-order chi connectivity index (χ0) is 23.5. The Kier molecular flexibility index (Phi) is 8.33. The van der Waals surface area contributed by atoms with Crippen molar-refractivity contribution >= 4 is 35.8 Å². The molecular weight excluding hydrogens is 459 g/mol. The first kappa shape index (κ1) is 25.1. The Labute approximate surface area is 197 Å². The van der Waals surface area contributed by atoms with Gasteiger partial charge in [0.05, 0.1) is 21.2 Å². The van der Waals surface area contributed by atoms with E-state index in [-0.39, 0.29) is 21.4 Å². The summed E-state index contributed by atoms with van der Waals surface area (Å²) in [6.45, 7) is 6.88. The third-order valence-electron chi connectivity index (χ3n) is 6.23. The fraction of sp³-hybridized carbons (Fsp3) is 0.565. The molecular formula is C23H29ClF3N3OS. The smallest absolute Gasteiger partial charge is 0.338 e. The number of allylic oxidation sites excluding steroid dienone is 1. The minimum absolute atomic E-state index is 0.188. The van der Waals surface area contributed by atoms with Crippen LogP contribution in [-0.4, -0.2) is 53.6 Å². The molecule has 4 nitrogen and oxygen atoms in total. The van der Waals surface area contributed by atoms with Crippen LogP contribution in [0.1, 0.15) is 57.1 Å². The van der Waals surface area contributed by atoms with Gasteiger partial charge >= 0.3 is 6.18 Å². The molecule has 1 aromatic rings. The molecule has 2 aliphatic rings. The largest absolute Gasteiger partial charge is 0.417 e. The first-order chi connectivity index (χ1) is 15.1. The molecule has 2 fully saturated rings. The van der Waals surface area contributed by atoms with Crippen molar-refractivity contribution in [2.24, 2.45) is 4.99 Å². The lowest BCUT2D eigenvalue weighted by Crippen LogP contribution is -2.48. The minimum Gasteiger partial charge on any atom is -0.338 e. The number of rotatable bonds is 4. The molecule has 176 valence electrons. The minimum atomic E-state index is -4.55. The van der Waals surface area contributed by atoms with E-state index in [4.69, 9.17) is 11.6 Å². The van der Waals surface area contributed by atoms with Crippen LogP contribution in [0, 0.1) is 0 Å². The zero-order valence-electron chi connectivity index (χ0n) is 18.4. The average molecular weight is 488 g/mol. The highest BCUT2D eigenvalue weighted by atomic mass is 35.5. The lowest BCUT2D eigenvalue weighted by molar-refractivity contribution is -0.137. The maximum absolute atomic E-state index is 13.1. The van der Waals surface area contributed by atoms with Crippen LogP contribution in [0.2, 0.25) is 5.02 Å². The van der Waals surface area contributed by atoms with Crippen molar-refractivity contribution in [3.63, 3.8) is 0 Å². The van der Waals surface area contributed by atoms with E-state index in [1.165, 1.54) is 31.4 Å². The van der Waals surface area contributed by atoms with E-state index >= 15 is 0 Å². The number of piperidine rings is 2. The number of halogens is 4. The number of likely N-dealkylation sites (tertiary alicyclic amines) is 2. The summed E-state index contributed by atoms with van der Waals surface area (Å²) in [6.07, 6.45) is 1.13. The molecule has 3 rings (SSSR count). The summed E-state index contributed by atoms with van der Waals surface area (Å²) in [6, 6.07) is 4.19. The maximum atomic E-state index is 13.1. The quantitative estimate of drug-likeness (QED) is 0.330. The van der Waals surface area contributed by atoms with Crippen LogP contribution in [0.15, 0.2) is 33.8 Å². The topological polar surface area (TPSA) is 35.9 Å². The number of nitrogens with zero attached hydrogens (tertiary/aromatic N) is 3. The number of hydrogen-bond donors (Lipinski definition) is 1. The van der Waals surface area contributed by atoms with Crippen LogP contribution in [-0.2, 0) is 11.0 Å². The van der Waals surface area contributed by atoms with Gasteiger partial charge < -0.3 is 9.80 Å². The van der Waals surface area contributed by atoms with Crippen molar-refractivity contribution in [2.75, 3.05) is 26.2 Å². The molecule has 0 aliphatic carbocycles. The third kappa shape index (κ3) is 6.08. The third-order valence-corrected chi connectivity index (χ3v) is 7.07. The van der Waals surface area contributed by atoms with Gasteiger partial charge in [0.25, 0.3) is 5.91 Å². The fourth-order valence-corrected chi connectivity index (χ4v) is 4.77. The molecule has 1 aromatic carbocycles. The zero-order valence-corrected chi connectivity index (χ0v) is 20.0. The molecule has 0 radical (unpaired) electrons. The summed E-state index contributed by atoms with van der Waals surface area (Å²) in [4.78, 5) is 21.8. The molecule has 0 spiro atoms. The van der Waals surface area contributed by atoms with E-state index in [0.717, 1.165) is 32.0 Å². The van der Waals surface area contributed by atoms with Crippen molar-refractivity contribution in [3.8, 4) is 0 Å². The van der Waals surface area contributed by atoms with Gasteiger partial charge in [-0.15, -0.1) is 12.6 Å².